The third-order valence-corrected chi connectivity index (χ3v) is 5.78. The van der Waals surface area contributed by atoms with Crippen LogP contribution in [0.1, 0.15) is 91.4 Å². The smallest absolute Gasteiger partial charge is 0.312 e. The Morgan fingerprint density at radius 2 is 1.60 bits per heavy atom. The first kappa shape index (κ1) is 15.9. The van der Waals surface area contributed by atoms with Crippen LogP contribution >= 0.6 is 0 Å². The molecule has 0 aromatic carbocycles. The van der Waals surface area contributed by atoms with Gasteiger partial charge >= 0.3 is 5.97 Å². The Morgan fingerprint density at radius 1 is 1.05 bits per heavy atom. The molecule has 2 aliphatic rings. The molecule has 0 aliphatic heterocycles. The Kier molecular flexibility index (Phi) is 5.14. The fourth-order valence-electron chi connectivity index (χ4n) is 3.84. The van der Waals surface area contributed by atoms with E-state index in [2.05, 4.69) is 6.92 Å². The molecule has 2 heteroatoms. The van der Waals surface area contributed by atoms with Crippen molar-refractivity contribution in [2.45, 2.75) is 97.0 Å². The van der Waals surface area contributed by atoms with Gasteiger partial charge in [0.2, 0.25) is 0 Å². The van der Waals surface area contributed by atoms with Gasteiger partial charge in [-0.15, -0.1) is 0 Å². The van der Waals surface area contributed by atoms with Crippen molar-refractivity contribution >= 4 is 5.97 Å². The zero-order valence-corrected chi connectivity index (χ0v) is 13.7. The molecule has 0 unspecified atom stereocenters. The summed E-state index contributed by atoms with van der Waals surface area (Å²) in [6.45, 7) is 6.12. The highest BCUT2D eigenvalue weighted by Crippen LogP contribution is 2.45. The summed E-state index contributed by atoms with van der Waals surface area (Å²) in [7, 11) is 0. The number of ether oxygens (including phenoxy) is 1. The second-order valence-electron chi connectivity index (χ2n) is 7.59. The fourth-order valence-corrected chi connectivity index (χ4v) is 3.84. The topological polar surface area (TPSA) is 26.3 Å². The number of hydrogen-bond donors (Lipinski definition) is 0. The van der Waals surface area contributed by atoms with Crippen LogP contribution in [0.15, 0.2) is 0 Å². The molecule has 0 bridgehead atoms. The number of carbonyl (C=O) groups is 1. The van der Waals surface area contributed by atoms with Crippen LogP contribution in [-0.2, 0) is 9.53 Å². The molecule has 20 heavy (non-hydrogen) atoms. The van der Waals surface area contributed by atoms with E-state index in [0.29, 0.717) is 5.92 Å². The molecule has 0 amide bonds. The molecule has 0 spiro atoms. The predicted molar refractivity (Wildman–Crippen MR) is 82.6 cm³/mol. The highest BCUT2D eigenvalue weighted by Gasteiger charge is 2.45. The van der Waals surface area contributed by atoms with E-state index in [0.717, 1.165) is 19.3 Å². The van der Waals surface area contributed by atoms with Gasteiger partial charge in [-0.1, -0.05) is 32.6 Å². The molecule has 2 fully saturated rings. The average Bonchev–Trinajstić information content (AvgIpc) is 2.49. The van der Waals surface area contributed by atoms with E-state index >= 15 is 0 Å². The molecule has 0 radical (unpaired) electrons. The molecular weight excluding hydrogens is 248 g/mol. The Morgan fingerprint density at radius 3 is 2.15 bits per heavy atom. The maximum absolute atomic E-state index is 12.6. The maximum atomic E-state index is 12.6. The summed E-state index contributed by atoms with van der Waals surface area (Å²) < 4.78 is 6.24. The third kappa shape index (κ3) is 3.38. The van der Waals surface area contributed by atoms with Crippen LogP contribution in [0.4, 0.5) is 0 Å². The monoisotopic (exact) mass is 280 g/mol. The SMILES string of the molecule is CCC(C)(C)C(=O)OC1(C2CCCCC2)CCCCC1. The van der Waals surface area contributed by atoms with Crippen LogP contribution < -0.4 is 0 Å². The second-order valence-corrected chi connectivity index (χ2v) is 7.59. The van der Waals surface area contributed by atoms with Gasteiger partial charge in [-0.3, -0.25) is 4.79 Å². The number of hydrogen-bond acceptors (Lipinski definition) is 2. The van der Waals surface area contributed by atoms with Gasteiger partial charge in [0.25, 0.3) is 0 Å². The van der Waals surface area contributed by atoms with Crippen molar-refractivity contribution in [2.24, 2.45) is 11.3 Å². The van der Waals surface area contributed by atoms with E-state index in [4.69, 9.17) is 4.74 Å². The van der Waals surface area contributed by atoms with Gasteiger partial charge in [0, 0.05) is 0 Å². The minimum Gasteiger partial charge on any atom is -0.458 e. The van der Waals surface area contributed by atoms with E-state index in [9.17, 15) is 4.79 Å². The van der Waals surface area contributed by atoms with E-state index < -0.39 is 0 Å². The molecule has 0 aromatic rings. The first-order chi connectivity index (χ1) is 9.50. The molecule has 2 nitrogen and oxygen atoms in total. The summed E-state index contributed by atoms with van der Waals surface area (Å²) in [6.07, 6.45) is 13.4. The zero-order chi connectivity index (χ0) is 14.6. The Bertz CT molecular complexity index is 320. The van der Waals surface area contributed by atoms with E-state index in [1.165, 1.54) is 51.4 Å². The van der Waals surface area contributed by atoms with Gasteiger partial charge in [-0.2, -0.15) is 0 Å². The zero-order valence-electron chi connectivity index (χ0n) is 13.7. The fraction of sp³-hybridized carbons (Fsp3) is 0.944. The molecule has 116 valence electrons. The summed E-state index contributed by atoms with van der Waals surface area (Å²) in [5, 5.41) is 0. The van der Waals surface area contributed by atoms with Gasteiger partial charge in [0.1, 0.15) is 5.60 Å². The molecule has 0 aromatic heterocycles. The molecule has 2 rings (SSSR count). The van der Waals surface area contributed by atoms with E-state index in [-0.39, 0.29) is 17.0 Å². The van der Waals surface area contributed by atoms with Gasteiger partial charge in [0.05, 0.1) is 5.41 Å². The lowest BCUT2D eigenvalue weighted by atomic mass is 9.69. The van der Waals surface area contributed by atoms with Gasteiger partial charge < -0.3 is 4.74 Å². The van der Waals surface area contributed by atoms with Crippen molar-refractivity contribution < 1.29 is 9.53 Å². The minimum atomic E-state index is -0.334. The van der Waals surface area contributed by atoms with Crippen molar-refractivity contribution in [3.8, 4) is 0 Å². The van der Waals surface area contributed by atoms with Crippen molar-refractivity contribution in [3.05, 3.63) is 0 Å². The lowest BCUT2D eigenvalue weighted by molar-refractivity contribution is -0.184. The highest BCUT2D eigenvalue weighted by molar-refractivity contribution is 5.76. The Hall–Kier alpha value is -0.530. The van der Waals surface area contributed by atoms with E-state index in [1.807, 2.05) is 13.8 Å². The van der Waals surface area contributed by atoms with E-state index in [1.54, 1.807) is 0 Å². The predicted octanol–water partition coefficient (Wildman–Crippen LogP) is 5.25. The first-order valence-corrected chi connectivity index (χ1v) is 8.74. The first-order valence-electron chi connectivity index (χ1n) is 8.74. The Labute approximate surface area is 124 Å². The van der Waals surface area contributed by atoms with Gasteiger partial charge in [-0.05, 0) is 64.7 Å². The molecule has 0 atom stereocenters. The van der Waals surface area contributed by atoms with Crippen molar-refractivity contribution in [3.63, 3.8) is 0 Å². The standard InChI is InChI=1S/C18H32O2/c1-4-17(2,3)16(19)20-18(13-9-6-10-14-18)15-11-7-5-8-12-15/h15H,4-14H2,1-3H3. The lowest BCUT2D eigenvalue weighted by Crippen LogP contribution is -2.47. The summed E-state index contributed by atoms with van der Waals surface area (Å²) >= 11 is 0. The van der Waals surface area contributed by atoms with Crippen LogP contribution in [-0.4, -0.2) is 11.6 Å². The molecule has 0 saturated heterocycles. The molecule has 2 aliphatic carbocycles. The second kappa shape index (κ2) is 6.49. The van der Waals surface area contributed by atoms with Crippen molar-refractivity contribution in [2.75, 3.05) is 0 Å². The summed E-state index contributed by atoms with van der Waals surface area (Å²) in [6, 6.07) is 0. The normalized spacial score (nSPS) is 24.4. The van der Waals surface area contributed by atoms with Gasteiger partial charge in [-0.25, -0.2) is 0 Å². The minimum absolute atomic E-state index is 0.0347. The number of rotatable bonds is 4. The molecule has 2 saturated carbocycles. The van der Waals surface area contributed by atoms with Crippen LogP contribution in [0.25, 0.3) is 0 Å². The average molecular weight is 280 g/mol. The number of carbonyl (C=O) groups excluding carboxylic acids is 1. The molecular formula is C18H32O2. The van der Waals surface area contributed by atoms with Gasteiger partial charge in [0.15, 0.2) is 0 Å². The number of esters is 1. The quantitative estimate of drug-likeness (QED) is 0.657. The summed E-state index contributed by atoms with van der Waals surface area (Å²) in [5.74, 6) is 0.653. The summed E-state index contributed by atoms with van der Waals surface area (Å²) in [4.78, 5) is 12.6. The molecule has 0 heterocycles. The van der Waals surface area contributed by atoms with Crippen LogP contribution in [0, 0.1) is 11.3 Å². The summed E-state index contributed by atoms with van der Waals surface area (Å²) in [5.41, 5.74) is -0.457. The maximum Gasteiger partial charge on any atom is 0.312 e. The van der Waals surface area contributed by atoms with Crippen LogP contribution in [0.2, 0.25) is 0 Å². The Balaban J connectivity index is 2.12. The highest BCUT2D eigenvalue weighted by atomic mass is 16.6. The van der Waals surface area contributed by atoms with Crippen LogP contribution in [0.3, 0.4) is 0 Å². The van der Waals surface area contributed by atoms with Crippen molar-refractivity contribution in [1.82, 2.24) is 0 Å². The largest absolute Gasteiger partial charge is 0.458 e. The third-order valence-electron chi connectivity index (χ3n) is 5.78. The lowest BCUT2D eigenvalue weighted by Gasteiger charge is -2.45. The van der Waals surface area contributed by atoms with Crippen LogP contribution in [0.5, 0.6) is 0 Å². The van der Waals surface area contributed by atoms with Crippen molar-refractivity contribution in [1.29, 1.82) is 0 Å². The molecule has 0 N–H and O–H groups in total.